The fourth-order valence-corrected chi connectivity index (χ4v) is 3.04. The molecule has 0 heterocycles. The number of thiol groups is 1. The predicted octanol–water partition coefficient (Wildman–Crippen LogP) is 2.50. The molecule has 0 saturated heterocycles. The van der Waals surface area contributed by atoms with Crippen LogP contribution in [0.3, 0.4) is 0 Å². The van der Waals surface area contributed by atoms with E-state index < -0.39 is 0 Å². The Morgan fingerprint density at radius 2 is 1.95 bits per heavy atom. The molecule has 1 aliphatic rings. The lowest BCUT2D eigenvalue weighted by molar-refractivity contribution is 0.0906. The summed E-state index contributed by atoms with van der Waals surface area (Å²) < 4.78 is 0. The van der Waals surface area contributed by atoms with E-state index in [0.717, 1.165) is 12.8 Å². The van der Waals surface area contributed by atoms with Crippen LogP contribution >= 0.6 is 12.6 Å². The molecule has 3 nitrogen and oxygen atoms in total. The van der Waals surface area contributed by atoms with Crippen molar-refractivity contribution in [3.63, 3.8) is 0 Å². The molecule has 0 aromatic heterocycles. The van der Waals surface area contributed by atoms with Crippen molar-refractivity contribution in [2.75, 3.05) is 13.2 Å². The fraction of sp³-hybridized carbons (Fsp3) is 0.533. The van der Waals surface area contributed by atoms with Crippen molar-refractivity contribution in [1.29, 1.82) is 0 Å². The van der Waals surface area contributed by atoms with Crippen LogP contribution in [0.2, 0.25) is 0 Å². The third-order valence-electron chi connectivity index (χ3n) is 3.97. The Morgan fingerprint density at radius 1 is 1.26 bits per heavy atom. The molecule has 2 unspecified atom stereocenters. The lowest BCUT2D eigenvalue weighted by atomic mass is 9.79. The summed E-state index contributed by atoms with van der Waals surface area (Å²) in [7, 11) is 0. The second kappa shape index (κ2) is 6.96. The topological polar surface area (TPSA) is 49.3 Å². The minimum absolute atomic E-state index is 0.0761. The summed E-state index contributed by atoms with van der Waals surface area (Å²) in [4.78, 5) is 12.8. The van der Waals surface area contributed by atoms with E-state index in [1.807, 2.05) is 18.2 Å². The molecule has 0 radical (unpaired) electrons. The predicted molar refractivity (Wildman–Crippen MR) is 78.6 cm³/mol. The zero-order valence-electron chi connectivity index (χ0n) is 11.0. The second-order valence-corrected chi connectivity index (χ2v) is 5.70. The quantitative estimate of drug-likeness (QED) is 0.742. The molecule has 2 atom stereocenters. The normalized spacial score (nSPS) is 23.1. The smallest absolute Gasteiger partial charge is 0.252 e. The Kier molecular flexibility index (Phi) is 5.28. The van der Waals surface area contributed by atoms with E-state index in [4.69, 9.17) is 0 Å². The number of aliphatic hydroxyl groups is 1. The van der Waals surface area contributed by atoms with Gasteiger partial charge in [-0.3, -0.25) is 4.79 Å². The van der Waals surface area contributed by atoms with Crippen LogP contribution in [0.1, 0.15) is 36.0 Å². The molecule has 2 rings (SSSR count). The van der Waals surface area contributed by atoms with Crippen LogP contribution in [-0.2, 0) is 0 Å². The average molecular weight is 279 g/mol. The van der Waals surface area contributed by atoms with Crippen LogP contribution in [-0.4, -0.2) is 24.2 Å². The Labute approximate surface area is 119 Å². The van der Waals surface area contributed by atoms with Crippen molar-refractivity contribution >= 4 is 18.5 Å². The molecule has 1 amide bonds. The van der Waals surface area contributed by atoms with Gasteiger partial charge < -0.3 is 10.4 Å². The van der Waals surface area contributed by atoms with Gasteiger partial charge in [-0.25, -0.2) is 0 Å². The van der Waals surface area contributed by atoms with Crippen molar-refractivity contribution in [3.8, 4) is 0 Å². The first-order valence-electron chi connectivity index (χ1n) is 6.89. The number of hydrogen-bond acceptors (Lipinski definition) is 3. The van der Waals surface area contributed by atoms with E-state index in [-0.39, 0.29) is 12.5 Å². The molecular weight excluding hydrogens is 258 g/mol. The van der Waals surface area contributed by atoms with E-state index in [1.165, 1.54) is 12.8 Å². The lowest BCUT2D eigenvalue weighted by Crippen LogP contribution is -2.35. The zero-order chi connectivity index (χ0) is 13.7. The summed E-state index contributed by atoms with van der Waals surface area (Å²) in [6, 6.07) is 7.30. The van der Waals surface area contributed by atoms with Crippen molar-refractivity contribution in [1.82, 2.24) is 5.32 Å². The Bertz CT molecular complexity index is 436. The molecule has 104 valence electrons. The van der Waals surface area contributed by atoms with Gasteiger partial charge in [-0.05, 0) is 36.8 Å². The highest BCUT2D eigenvalue weighted by Gasteiger charge is 2.24. The fourth-order valence-electron chi connectivity index (χ4n) is 2.78. The number of nitrogens with one attached hydrogen (secondary N) is 1. The highest BCUT2D eigenvalue weighted by Crippen LogP contribution is 2.29. The summed E-state index contributed by atoms with van der Waals surface area (Å²) in [6.07, 6.45) is 4.55. The molecule has 2 N–H and O–H groups in total. The van der Waals surface area contributed by atoms with Gasteiger partial charge in [-0.15, -0.1) is 12.6 Å². The van der Waals surface area contributed by atoms with Gasteiger partial charge in [0.25, 0.3) is 5.91 Å². The molecule has 0 bridgehead atoms. The number of rotatable bonds is 4. The van der Waals surface area contributed by atoms with Crippen LogP contribution in [0.4, 0.5) is 0 Å². The maximum Gasteiger partial charge on any atom is 0.252 e. The van der Waals surface area contributed by atoms with Crippen molar-refractivity contribution in [2.24, 2.45) is 11.8 Å². The minimum Gasteiger partial charge on any atom is -0.396 e. The molecular formula is C15H21NO2S. The van der Waals surface area contributed by atoms with Gasteiger partial charge in [0.2, 0.25) is 0 Å². The molecule has 1 aliphatic carbocycles. The summed E-state index contributed by atoms with van der Waals surface area (Å²) in [5, 5.41) is 12.3. The van der Waals surface area contributed by atoms with Crippen LogP contribution < -0.4 is 5.32 Å². The summed E-state index contributed by atoms with van der Waals surface area (Å²) in [6.45, 7) is 0.871. The molecule has 4 heteroatoms. The van der Waals surface area contributed by atoms with Gasteiger partial charge in [-0.1, -0.05) is 25.0 Å². The van der Waals surface area contributed by atoms with Gasteiger partial charge in [0, 0.05) is 18.0 Å². The molecule has 0 aliphatic heterocycles. The summed E-state index contributed by atoms with van der Waals surface area (Å²) in [5.41, 5.74) is 0.613. The summed E-state index contributed by atoms with van der Waals surface area (Å²) in [5.74, 6) is 0.655. The van der Waals surface area contributed by atoms with E-state index in [1.54, 1.807) is 6.07 Å². The molecule has 1 aromatic carbocycles. The molecule has 19 heavy (non-hydrogen) atoms. The number of hydrogen-bond donors (Lipinski definition) is 3. The first-order chi connectivity index (χ1) is 9.22. The first-order valence-corrected chi connectivity index (χ1v) is 7.34. The van der Waals surface area contributed by atoms with E-state index in [2.05, 4.69) is 17.9 Å². The number of carbonyl (C=O) groups is 1. The third-order valence-corrected chi connectivity index (χ3v) is 4.36. The SMILES string of the molecule is O=C(NCC1CCCCC1CO)c1ccccc1S. The number of aliphatic hydroxyl groups excluding tert-OH is 1. The summed E-state index contributed by atoms with van der Waals surface area (Å²) >= 11 is 4.29. The van der Waals surface area contributed by atoms with Gasteiger partial charge in [0.1, 0.15) is 0 Å². The number of carbonyl (C=O) groups excluding carboxylic acids is 1. The van der Waals surface area contributed by atoms with E-state index >= 15 is 0 Å². The maximum atomic E-state index is 12.1. The van der Waals surface area contributed by atoms with Crippen LogP contribution in [0.25, 0.3) is 0 Å². The average Bonchev–Trinajstić information content (AvgIpc) is 2.45. The minimum atomic E-state index is -0.0761. The zero-order valence-corrected chi connectivity index (χ0v) is 11.9. The third kappa shape index (κ3) is 3.74. The Morgan fingerprint density at radius 3 is 2.63 bits per heavy atom. The standard InChI is InChI=1S/C15H21NO2S/c17-10-12-6-2-1-5-11(12)9-16-15(18)13-7-3-4-8-14(13)19/h3-4,7-8,11-12,17,19H,1-2,5-6,9-10H2,(H,16,18). The molecule has 0 spiro atoms. The largest absolute Gasteiger partial charge is 0.396 e. The van der Waals surface area contributed by atoms with Gasteiger partial charge >= 0.3 is 0 Å². The van der Waals surface area contributed by atoms with Crippen molar-refractivity contribution in [3.05, 3.63) is 29.8 Å². The lowest BCUT2D eigenvalue weighted by Gasteiger charge is -2.30. The molecule has 1 aromatic rings. The number of benzene rings is 1. The van der Waals surface area contributed by atoms with Crippen molar-refractivity contribution < 1.29 is 9.90 Å². The maximum absolute atomic E-state index is 12.1. The van der Waals surface area contributed by atoms with E-state index in [0.29, 0.717) is 28.8 Å². The molecule has 1 saturated carbocycles. The highest BCUT2D eigenvalue weighted by atomic mass is 32.1. The number of amides is 1. The monoisotopic (exact) mass is 279 g/mol. The Balaban J connectivity index is 1.91. The van der Waals surface area contributed by atoms with Gasteiger partial charge in [0.05, 0.1) is 5.56 Å². The Hall–Kier alpha value is -1.00. The van der Waals surface area contributed by atoms with Gasteiger partial charge in [0.15, 0.2) is 0 Å². The first kappa shape index (κ1) is 14.4. The molecule has 1 fully saturated rings. The van der Waals surface area contributed by atoms with Gasteiger partial charge in [-0.2, -0.15) is 0 Å². The van der Waals surface area contributed by atoms with Crippen molar-refractivity contribution in [2.45, 2.75) is 30.6 Å². The highest BCUT2D eigenvalue weighted by molar-refractivity contribution is 7.80. The second-order valence-electron chi connectivity index (χ2n) is 5.21. The van der Waals surface area contributed by atoms with Crippen LogP contribution in [0.5, 0.6) is 0 Å². The van der Waals surface area contributed by atoms with Crippen LogP contribution in [0, 0.1) is 11.8 Å². The van der Waals surface area contributed by atoms with Crippen LogP contribution in [0.15, 0.2) is 29.2 Å². The van der Waals surface area contributed by atoms with E-state index in [9.17, 15) is 9.90 Å².